The van der Waals surface area contributed by atoms with Crippen LogP contribution in [0.15, 0.2) is 46.1 Å². The first-order chi connectivity index (χ1) is 14.0. The van der Waals surface area contributed by atoms with Crippen LogP contribution < -0.4 is 0 Å². The van der Waals surface area contributed by atoms with Crippen molar-refractivity contribution in [1.82, 2.24) is 24.2 Å². The Bertz CT molecular complexity index is 1100. The van der Waals surface area contributed by atoms with Crippen molar-refractivity contribution >= 4 is 10.0 Å². The van der Waals surface area contributed by atoms with E-state index in [-0.39, 0.29) is 42.7 Å². The average molecular weight is 421 g/mol. The van der Waals surface area contributed by atoms with E-state index >= 15 is 0 Å². The summed E-state index contributed by atoms with van der Waals surface area (Å²) in [6, 6.07) is 6.35. The molecule has 3 aromatic rings. The van der Waals surface area contributed by atoms with Crippen LogP contribution >= 0.6 is 0 Å². The van der Waals surface area contributed by atoms with Crippen LogP contribution in [0.25, 0.3) is 0 Å². The third kappa shape index (κ3) is 4.07. The zero-order valence-electron chi connectivity index (χ0n) is 15.7. The maximum Gasteiger partial charge on any atom is 0.257 e. The molecule has 4 rings (SSSR count). The Morgan fingerprint density at radius 3 is 2.90 bits per heavy atom. The zero-order valence-corrected chi connectivity index (χ0v) is 16.5. The SMILES string of the molecule is CCn1cc(S(=O)(=O)N2CCO[C@H](c3nc(Cc4ccccc4F)no3)C2)cn1. The molecular formula is C18H20FN5O4S. The maximum absolute atomic E-state index is 13.8. The predicted molar refractivity (Wildman–Crippen MR) is 98.9 cm³/mol. The molecule has 2 aromatic heterocycles. The Balaban J connectivity index is 1.49. The van der Waals surface area contributed by atoms with Crippen LogP contribution in [0, 0.1) is 5.82 Å². The predicted octanol–water partition coefficient (Wildman–Crippen LogP) is 1.78. The molecule has 0 bridgehead atoms. The number of benzene rings is 1. The van der Waals surface area contributed by atoms with Gasteiger partial charge in [-0.15, -0.1) is 0 Å². The van der Waals surface area contributed by atoms with Gasteiger partial charge in [0.05, 0.1) is 12.8 Å². The van der Waals surface area contributed by atoms with Gasteiger partial charge < -0.3 is 9.26 Å². The van der Waals surface area contributed by atoms with Gasteiger partial charge in [0.1, 0.15) is 10.7 Å². The van der Waals surface area contributed by atoms with E-state index in [1.165, 1.54) is 22.8 Å². The van der Waals surface area contributed by atoms with Gasteiger partial charge in [0.2, 0.25) is 10.0 Å². The first-order valence-electron chi connectivity index (χ1n) is 9.17. The molecule has 1 aliphatic rings. The summed E-state index contributed by atoms with van der Waals surface area (Å²) in [5.74, 6) is 0.121. The topological polar surface area (TPSA) is 103 Å². The minimum absolute atomic E-state index is 0.0426. The Kier molecular flexibility index (Phi) is 5.43. The molecule has 9 nitrogen and oxygen atoms in total. The molecule has 1 saturated heterocycles. The van der Waals surface area contributed by atoms with Gasteiger partial charge in [0.15, 0.2) is 11.9 Å². The summed E-state index contributed by atoms with van der Waals surface area (Å²) in [7, 11) is -3.71. The molecule has 1 atom stereocenters. The van der Waals surface area contributed by atoms with E-state index in [9.17, 15) is 12.8 Å². The highest BCUT2D eigenvalue weighted by Crippen LogP contribution is 2.26. The number of rotatable bonds is 6. The summed E-state index contributed by atoms with van der Waals surface area (Å²) in [6.45, 7) is 2.90. The molecule has 0 unspecified atom stereocenters. The van der Waals surface area contributed by atoms with Crippen LogP contribution in [-0.2, 0) is 27.7 Å². The third-order valence-electron chi connectivity index (χ3n) is 4.67. The van der Waals surface area contributed by atoms with Crippen molar-refractivity contribution in [3.63, 3.8) is 0 Å². The van der Waals surface area contributed by atoms with E-state index < -0.39 is 16.1 Å². The Morgan fingerprint density at radius 2 is 2.14 bits per heavy atom. The molecule has 1 fully saturated rings. The second kappa shape index (κ2) is 8.01. The van der Waals surface area contributed by atoms with Crippen molar-refractivity contribution in [3.05, 3.63) is 59.8 Å². The van der Waals surface area contributed by atoms with Gasteiger partial charge >= 0.3 is 0 Å². The molecule has 0 aliphatic carbocycles. The summed E-state index contributed by atoms with van der Waals surface area (Å²) < 4.78 is 53.4. The van der Waals surface area contributed by atoms with Gasteiger partial charge in [-0.3, -0.25) is 4.68 Å². The fourth-order valence-electron chi connectivity index (χ4n) is 3.08. The molecular weight excluding hydrogens is 401 g/mol. The molecule has 3 heterocycles. The highest BCUT2D eigenvalue weighted by Gasteiger charge is 2.34. The summed E-state index contributed by atoms with van der Waals surface area (Å²) in [6.07, 6.45) is 2.31. The first kappa shape index (κ1) is 19.7. The highest BCUT2D eigenvalue weighted by molar-refractivity contribution is 7.89. The van der Waals surface area contributed by atoms with E-state index in [0.29, 0.717) is 17.9 Å². The molecule has 0 N–H and O–H groups in total. The first-order valence-corrected chi connectivity index (χ1v) is 10.6. The average Bonchev–Trinajstić information content (AvgIpc) is 3.40. The molecule has 0 spiro atoms. The van der Waals surface area contributed by atoms with E-state index in [1.807, 2.05) is 6.92 Å². The number of sulfonamides is 1. The number of aryl methyl sites for hydroxylation is 1. The molecule has 1 aromatic carbocycles. The summed E-state index contributed by atoms with van der Waals surface area (Å²) in [4.78, 5) is 4.40. The fraction of sp³-hybridized carbons (Fsp3) is 0.389. The summed E-state index contributed by atoms with van der Waals surface area (Å²) in [5.41, 5.74) is 0.446. The third-order valence-corrected chi connectivity index (χ3v) is 6.48. The smallest absolute Gasteiger partial charge is 0.257 e. The summed E-state index contributed by atoms with van der Waals surface area (Å²) >= 11 is 0. The van der Waals surface area contributed by atoms with Gasteiger partial charge in [-0.1, -0.05) is 23.4 Å². The Morgan fingerprint density at radius 1 is 1.31 bits per heavy atom. The monoisotopic (exact) mass is 421 g/mol. The maximum atomic E-state index is 13.8. The van der Waals surface area contributed by atoms with E-state index in [2.05, 4.69) is 15.2 Å². The number of hydrogen-bond donors (Lipinski definition) is 0. The summed E-state index contributed by atoms with van der Waals surface area (Å²) in [5, 5.41) is 7.90. The number of morpholine rings is 1. The fourth-order valence-corrected chi connectivity index (χ4v) is 4.46. The minimum Gasteiger partial charge on any atom is -0.366 e. The van der Waals surface area contributed by atoms with Crippen molar-refractivity contribution in [3.8, 4) is 0 Å². The standard InChI is InChI=1S/C18H20FN5O4S/c1-2-23-11-14(10-20-23)29(25,26)24-7-8-27-16(12-24)18-21-17(22-28-18)9-13-5-3-4-6-15(13)19/h3-6,10-11,16H,2,7-9,12H2,1H3/t16-/m0/s1. The minimum atomic E-state index is -3.71. The molecule has 11 heteroatoms. The lowest BCUT2D eigenvalue weighted by atomic mass is 10.1. The Hall–Kier alpha value is -2.63. The molecule has 154 valence electrons. The van der Waals surface area contributed by atoms with Gasteiger partial charge in [-0.05, 0) is 18.6 Å². The molecule has 0 radical (unpaired) electrons. The van der Waals surface area contributed by atoms with E-state index in [4.69, 9.17) is 9.26 Å². The van der Waals surface area contributed by atoms with Crippen LogP contribution in [0.5, 0.6) is 0 Å². The van der Waals surface area contributed by atoms with Crippen LogP contribution in [0.4, 0.5) is 4.39 Å². The molecule has 29 heavy (non-hydrogen) atoms. The number of aromatic nitrogens is 4. The van der Waals surface area contributed by atoms with Crippen LogP contribution in [0.1, 0.15) is 30.3 Å². The number of halogens is 1. The van der Waals surface area contributed by atoms with Crippen LogP contribution in [0.3, 0.4) is 0 Å². The second-order valence-electron chi connectivity index (χ2n) is 6.57. The van der Waals surface area contributed by atoms with Gasteiger partial charge in [-0.2, -0.15) is 14.4 Å². The zero-order chi connectivity index (χ0) is 20.4. The van der Waals surface area contributed by atoms with Crippen molar-refractivity contribution < 1.29 is 22.1 Å². The Labute approximate surface area is 167 Å². The lowest BCUT2D eigenvalue weighted by Gasteiger charge is -2.29. The quantitative estimate of drug-likeness (QED) is 0.598. The van der Waals surface area contributed by atoms with Crippen molar-refractivity contribution in [2.75, 3.05) is 19.7 Å². The van der Waals surface area contributed by atoms with Crippen molar-refractivity contribution in [1.29, 1.82) is 0 Å². The largest absolute Gasteiger partial charge is 0.366 e. The number of nitrogens with zero attached hydrogens (tertiary/aromatic N) is 5. The molecule has 1 aliphatic heterocycles. The van der Waals surface area contributed by atoms with Gasteiger partial charge in [0, 0.05) is 32.3 Å². The lowest BCUT2D eigenvalue weighted by Crippen LogP contribution is -2.42. The van der Waals surface area contributed by atoms with Crippen LogP contribution in [0.2, 0.25) is 0 Å². The van der Waals surface area contributed by atoms with Gasteiger partial charge in [-0.25, -0.2) is 12.8 Å². The normalized spacial score (nSPS) is 18.2. The van der Waals surface area contributed by atoms with Gasteiger partial charge in [0.25, 0.3) is 5.89 Å². The lowest BCUT2D eigenvalue weighted by molar-refractivity contribution is -0.0199. The second-order valence-corrected chi connectivity index (χ2v) is 8.51. The number of hydrogen-bond acceptors (Lipinski definition) is 7. The highest BCUT2D eigenvalue weighted by atomic mass is 32.2. The molecule has 0 amide bonds. The number of ether oxygens (including phenoxy) is 1. The van der Waals surface area contributed by atoms with Crippen molar-refractivity contribution in [2.24, 2.45) is 0 Å². The van der Waals surface area contributed by atoms with E-state index in [0.717, 1.165) is 0 Å². The van der Waals surface area contributed by atoms with Crippen LogP contribution in [-0.4, -0.2) is 52.3 Å². The molecule has 0 saturated carbocycles. The van der Waals surface area contributed by atoms with Crippen molar-refractivity contribution in [2.45, 2.75) is 30.9 Å². The van der Waals surface area contributed by atoms with E-state index in [1.54, 1.807) is 22.9 Å².